The SMILES string of the molecule is Cc1cc(OCC(=O)C(C)C)ccc1C(C)C. The molecule has 0 radical (unpaired) electrons. The fourth-order valence-electron chi connectivity index (χ4n) is 1.71. The highest BCUT2D eigenvalue weighted by molar-refractivity contribution is 5.81. The van der Waals surface area contributed by atoms with Crippen molar-refractivity contribution in [1.82, 2.24) is 0 Å². The molecule has 0 bridgehead atoms. The van der Waals surface area contributed by atoms with E-state index < -0.39 is 0 Å². The number of hydrogen-bond donors (Lipinski definition) is 0. The second-order valence-electron chi connectivity index (χ2n) is 5.08. The predicted octanol–water partition coefficient (Wildman–Crippen LogP) is 3.72. The summed E-state index contributed by atoms with van der Waals surface area (Å²) in [5, 5.41) is 0. The number of carbonyl (C=O) groups excluding carboxylic acids is 1. The molecular weight excluding hydrogens is 212 g/mol. The van der Waals surface area contributed by atoms with Gasteiger partial charge in [-0.3, -0.25) is 4.79 Å². The van der Waals surface area contributed by atoms with Gasteiger partial charge in [-0.05, 0) is 36.1 Å². The maximum absolute atomic E-state index is 11.5. The Bertz CT molecular complexity index is 392. The molecule has 1 rings (SSSR count). The molecule has 0 aliphatic carbocycles. The predicted molar refractivity (Wildman–Crippen MR) is 70.6 cm³/mol. The first-order valence-corrected chi connectivity index (χ1v) is 6.18. The lowest BCUT2D eigenvalue weighted by molar-refractivity contribution is -0.123. The molecule has 0 fully saturated rings. The normalized spacial score (nSPS) is 11.0. The van der Waals surface area contributed by atoms with E-state index in [0.717, 1.165) is 5.75 Å². The van der Waals surface area contributed by atoms with Crippen molar-refractivity contribution < 1.29 is 9.53 Å². The molecule has 0 heterocycles. The average Bonchev–Trinajstić information content (AvgIpc) is 2.25. The van der Waals surface area contributed by atoms with Gasteiger partial charge in [-0.1, -0.05) is 33.8 Å². The zero-order chi connectivity index (χ0) is 13.0. The van der Waals surface area contributed by atoms with Crippen LogP contribution in [0.2, 0.25) is 0 Å². The highest BCUT2D eigenvalue weighted by atomic mass is 16.5. The highest BCUT2D eigenvalue weighted by Crippen LogP contribution is 2.23. The van der Waals surface area contributed by atoms with Crippen LogP contribution in [0.3, 0.4) is 0 Å². The Hall–Kier alpha value is -1.31. The average molecular weight is 234 g/mol. The molecular formula is C15H22O2. The Morgan fingerprint density at radius 2 is 1.88 bits per heavy atom. The van der Waals surface area contributed by atoms with E-state index in [4.69, 9.17) is 4.74 Å². The van der Waals surface area contributed by atoms with Gasteiger partial charge >= 0.3 is 0 Å². The standard InChI is InChI=1S/C15H22O2/c1-10(2)14-7-6-13(8-12(14)5)17-9-15(16)11(3)4/h6-8,10-11H,9H2,1-5H3. The second kappa shape index (κ2) is 5.85. The summed E-state index contributed by atoms with van der Waals surface area (Å²) in [5.41, 5.74) is 2.54. The minimum atomic E-state index is 0.0334. The lowest BCUT2D eigenvalue weighted by Crippen LogP contribution is -2.16. The van der Waals surface area contributed by atoms with Gasteiger partial charge in [0.2, 0.25) is 0 Å². The Balaban J connectivity index is 2.68. The maximum atomic E-state index is 11.5. The number of ketones is 1. The first kappa shape index (κ1) is 13.8. The molecule has 1 aromatic rings. The zero-order valence-corrected chi connectivity index (χ0v) is 11.4. The molecule has 0 amide bonds. The van der Waals surface area contributed by atoms with Gasteiger partial charge in [0.1, 0.15) is 12.4 Å². The number of benzene rings is 1. The minimum Gasteiger partial charge on any atom is -0.486 e. The van der Waals surface area contributed by atoms with Crippen LogP contribution in [0.15, 0.2) is 18.2 Å². The molecule has 0 unspecified atom stereocenters. The van der Waals surface area contributed by atoms with E-state index in [1.807, 2.05) is 26.0 Å². The van der Waals surface area contributed by atoms with Gasteiger partial charge in [-0.15, -0.1) is 0 Å². The summed E-state index contributed by atoms with van der Waals surface area (Å²) in [6.07, 6.45) is 0. The first-order chi connectivity index (χ1) is 7.91. The molecule has 0 aliphatic rings. The molecule has 0 saturated carbocycles. The number of ether oxygens (including phenoxy) is 1. The van der Waals surface area contributed by atoms with Crippen LogP contribution in [0.5, 0.6) is 5.75 Å². The Morgan fingerprint density at radius 3 is 2.35 bits per heavy atom. The van der Waals surface area contributed by atoms with Gasteiger partial charge < -0.3 is 4.74 Å². The van der Waals surface area contributed by atoms with Gasteiger partial charge in [0.15, 0.2) is 5.78 Å². The van der Waals surface area contributed by atoms with Crippen LogP contribution in [0, 0.1) is 12.8 Å². The van der Waals surface area contributed by atoms with Crippen LogP contribution in [-0.2, 0) is 4.79 Å². The summed E-state index contributed by atoms with van der Waals surface area (Å²) in [6.45, 7) is 10.4. The molecule has 2 heteroatoms. The molecule has 2 nitrogen and oxygen atoms in total. The Morgan fingerprint density at radius 1 is 1.24 bits per heavy atom. The van der Waals surface area contributed by atoms with E-state index in [9.17, 15) is 4.79 Å². The Kier molecular flexibility index (Phi) is 4.73. The molecule has 17 heavy (non-hydrogen) atoms. The van der Waals surface area contributed by atoms with Crippen molar-refractivity contribution in [2.75, 3.05) is 6.61 Å². The fraction of sp³-hybridized carbons (Fsp3) is 0.533. The van der Waals surface area contributed by atoms with Crippen molar-refractivity contribution in [3.05, 3.63) is 29.3 Å². The molecule has 0 N–H and O–H groups in total. The van der Waals surface area contributed by atoms with Gasteiger partial charge in [-0.25, -0.2) is 0 Å². The summed E-state index contributed by atoms with van der Waals surface area (Å²) in [6, 6.07) is 6.02. The van der Waals surface area contributed by atoms with Crippen molar-refractivity contribution >= 4 is 5.78 Å². The maximum Gasteiger partial charge on any atom is 0.172 e. The lowest BCUT2D eigenvalue weighted by atomic mass is 9.98. The van der Waals surface area contributed by atoms with Crippen LogP contribution < -0.4 is 4.74 Å². The lowest BCUT2D eigenvalue weighted by Gasteiger charge is -2.12. The summed E-state index contributed by atoms with van der Waals surface area (Å²) in [5.74, 6) is 1.46. The summed E-state index contributed by atoms with van der Waals surface area (Å²) in [4.78, 5) is 11.5. The van der Waals surface area contributed by atoms with Crippen molar-refractivity contribution in [3.8, 4) is 5.75 Å². The third-order valence-corrected chi connectivity index (χ3v) is 2.89. The molecule has 1 aromatic carbocycles. The van der Waals surface area contributed by atoms with E-state index in [1.54, 1.807) is 0 Å². The second-order valence-corrected chi connectivity index (χ2v) is 5.08. The summed E-state index contributed by atoms with van der Waals surface area (Å²) in [7, 11) is 0. The van der Waals surface area contributed by atoms with Crippen LogP contribution >= 0.6 is 0 Å². The number of aryl methyl sites for hydroxylation is 1. The van der Waals surface area contributed by atoms with Crippen molar-refractivity contribution in [3.63, 3.8) is 0 Å². The number of carbonyl (C=O) groups is 1. The third kappa shape index (κ3) is 3.88. The van der Waals surface area contributed by atoms with Crippen molar-refractivity contribution in [2.24, 2.45) is 5.92 Å². The minimum absolute atomic E-state index is 0.0334. The molecule has 0 aliphatic heterocycles. The number of rotatable bonds is 5. The molecule has 94 valence electrons. The third-order valence-electron chi connectivity index (χ3n) is 2.89. The smallest absolute Gasteiger partial charge is 0.172 e. The first-order valence-electron chi connectivity index (χ1n) is 6.18. The van der Waals surface area contributed by atoms with Crippen LogP contribution in [0.25, 0.3) is 0 Å². The molecule has 0 atom stereocenters. The van der Waals surface area contributed by atoms with Crippen LogP contribution in [-0.4, -0.2) is 12.4 Å². The number of Topliss-reactive ketones (excluding diaryl/α,β-unsaturated/α-hetero) is 1. The zero-order valence-electron chi connectivity index (χ0n) is 11.4. The fourth-order valence-corrected chi connectivity index (χ4v) is 1.71. The van der Waals surface area contributed by atoms with E-state index in [-0.39, 0.29) is 18.3 Å². The molecule has 0 spiro atoms. The van der Waals surface area contributed by atoms with Crippen molar-refractivity contribution in [2.45, 2.75) is 40.5 Å². The van der Waals surface area contributed by atoms with Gasteiger partial charge in [0, 0.05) is 5.92 Å². The van der Waals surface area contributed by atoms with E-state index in [1.165, 1.54) is 11.1 Å². The quantitative estimate of drug-likeness (QED) is 0.776. The van der Waals surface area contributed by atoms with E-state index in [0.29, 0.717) is 5.92 Å². The summed E-state index contributed by atoms with van der Waals surface area (Å²) >= 11 is 0. The van der Waals surface area contributed by atoms with E-state index >= 15 is 0 Å². The monoisotopic (exact) mass is 234 g/mol. The van der Waals surface area contributed by atoms with E-state index in [2.05, 4.69) is 26.8 Å². The summed E-state index contributed by atoms with van der Waals surface area (Å²) < 4.78 is 5.50. The Labute approximate surface area is 104 Å². The van der Waals surface area contributed by atoms with Crippen LogP contribution in [0.1, 0.15) is 44.7 Å². The highest BCUT2D eigenvalue weighted by Gasteiger charge is 2.09. The largest absolute Gasteiger partial charge is 0.486 e. The van der Waals surface area contributed by atoms with Crippen LogP contribution in [0.4, 0.5) is 0 Å². The molecule has 0 aromatic heterocycles. The topological polar surface area (TPSA) is 26.3 Å². The van der Waals surface area contributed by atoms with Gasteiger partial charge in [0.05, 0.1) is 0 Å². The van der Waals surface area contributed by atoms with Crippen molar-refractivity contribution in [1.29, 1.82) is 0 Å². The van der Waals surface area contributed by atoms with Gasteiger partial charge in [0.25, 0.3) is 0 Å². The molecule has 0 saturated heterocycles. The van der Waals surface area contributed by atoms with Gasteiger partial charge in [-0.2, -0.15) is 0 Å². The number of hydrogen-bond acceptors (Lipinski definition) is 2.